The second-order valence-corrected chi connectivity index (χ2v) is 9.03. The minimum absolute atomic E-state index is 0.135. The van der Waals surface area contributed by atoms with Crippen LogP contribution in [0.5, 0.6) is 0 Å². The van der Waals surface area contributed by atoms with Crippen LogP contribution < -0.4 is 5.32 Å². The fourth-order valence-corrected chi connectivity index (χ4v) is 4.36. The molecule has 1 aliphatic heterocycles. The normalized spacial score (nSPS) is 24.2. The number of hydrogen-bond acceptors (Lipinski definition) is 4. The monoisotopic (exact) mass is 378 g/mol. The number of hydrogen-bond donors (Lipinski definition) is 1. The molecule has 1 N–H and O–H groups in total. The molecule has 1 aromatic rings. The van der Waals surface area contributed by atoms with E-state index < -0.39 is 20.3 Å². The maximum Gasteiger partial charge on any atom is 0.243 e. The fourth-order valence-electron chi connectivity index (χ4n) is 2.40. The van der Waals surface area contributed by atoms with Crippen molar-refractivity contribution < 1.29 is 17.9 Å². The van der Waals surface area contributed by atoms with Gasteiger partial charge in [0.1, 0.15) is 4.33 Å². The Bertz CT molecular complexity index is 717. The molecular formula is C14H16Cl2N2O4S. The van der Waals surface area contributed by atoms with E-state index in [1.807, 2.05) is 0 Å². The highest BCUT2D eigenvalue weighted by Crippen LogP contribution is 2.53. The van der Waals surface area contributed by atoms with E-state index in [9.17, 15) is 13.2 Å². The molecular weight excluding hydrogens is 363 g/mol. The van der Waals surface area contributed by atoms with Crippen molar-refractivity contribution >= 4 is 44.8 Å². The Hall–Kier alpha value is -0.860. The van der Waals surface area contributed by atoms with Crippen molar-refractivity contribution in [2.24, 2.45) is 5.92 Å². The molecule has 3 rings (SSSR count). The largest absolute Gasteiger partial charge is 0.379 e. The van der Waals surface area contributed by atoms with E-state index in [-0.39, 0.29) is 10.8 Å². The molecule has 1 amide bonds. The Kier molecular flexibility index (Phi) is 4.59. The number of nitrogens with one attached hydrogen (secondary N) is 1. The Labute approximate surface area is 144 Å². The molecule has 126 valence electrons. The molecule has 0 bridgehead atoms. The maximum atomic E-state index is 12.6. The maximum absolute atomic E-state index is 12.6. The third-order valence-corrected chi connectivity index (χ3v) is 6.58. The van der Waals surface area contributed by atoms with Crippen molar-refractivity contribution in [1.82, 2.24) is 4.31 Å². The lowest BCUT2D eigenvalue weighted by molar-refractivity contribution is -0.117. The van der Waals surface area contributed by atoms with Crippen molar-refractivity contribution in [3.63, 3.8) is 0 Å². The van der Waals surface area contributed by atoms with Crippen LogP contribution in [0, 0.1) is 5.92 Å². The minimum atomic E-state index is -3.60. The van der Waals surface area contributed by atoms with Crippen LogP contribution in [0.3, 0.4) is 0 Å². The second kappa shape index (κ2) is 6.22. The summed E-state index contributed by atoms with van der Waals surface area (Å²) in [6.45, 7) is 1.40. The van der Waals surface area contributed by atoms with Crippen LogP contribution in [0.1, 0.15) is 6.42 Å². The highest BCUT2D eigenvalue weighted by molar-refractivity contribution is 7.89. The van der Waals surface area contributed by atoms with Crippen molar-refractivity contribution in [2.45, 2.75) is 15.6 Å². The van der Waals surface area contributed by atoms with Crippen molar-refractivity contribution in [1.29, 1.82) is 0 Å². The minimum Gasteiger partial charge on any atom is -0.379 e. The molecule has 2 fully saturated rings. The van der Waals surface area contributed by atoms with Crippen LogP contribution >= 0.6 is 23.2 Å². The summed E-state index contributed by atoms with van der Waals surface area (Å²) in [6.07, 6.45) is 0.397. The number of carbonyl (C=O) groups excluding carboxylic acids is 1. The van der Waals surface area contributed by atoms with Gasteiger partial charge in [0.15, 0.2) is 0 Å². The van der Waals surface area contributed by atoms with Gasteiger partial charge in [-0.25, -0.2) is 8.42 Å². The summed E-state index contributed by atoms with van der Waals surface area (Å²) in [6, 6.07) is 6.16. The molecule has 0 spiro atoms. The van der Waals surface area contributed by atoms with Crippen LogP contribution in [0.15, 0.2) is 29.2 Å². The van der Waals surface area contributed by atoms with E-state index >= 15 is 0 Å². The van der Waals surface area contributed by atoms with Crippen LogP contribution in [-0.2, 0) is 19.6 Å². The van der Waals surface area contributed by atoms with Gasteiger partial charge in [-0.05, 0) is 24.6 Å². The lowest BCUT2D eigenvalue weighted by Gasteiger charge is -2.26. The smallest absolute Gasteiger partial charge is 0.243 e. The van der Waals surface area contributed by atoms with Gasteiger partial charge in [0, 0.05) is 18.8 Å². The summed E-state index contributed by atoms with van der Waals surface area (Å²) in [5.74, 6) is -0.777. The third kappa shape index (κ3) is 3.64. The SMILES string of the molecule is O=C(Nc1cccc(S(=O)(=O)N2CCOCC2)c1)[C@@H]1CC1(Cl)Cl. The summed E-state index contributed by atoms with van der Waals surface area (Å²) in [5.41, 5.74) is 0.403. The number of carbonyl (C=O) groups is 1. The van der Waals surface area contributed by atoms with E-state index in [1.54, 1.807) is 12.1 Å². The topological polar surface area (TPSA) is 75.7 Å². The van der Waals surface area contributed by atoms with Gasteiger partial charge >= 0.3 is 0 Å². The number of anilines is 1. The van der Waals surface area contributed by atoms with E-state index in [2.05, 4.69) is 5.32 Å². The lowest BCUT2D eigenvalue weighted by Crippen LogP contribution is -2.40. The van der Waals surface area contributed by atoms with Gasteiger partial charge in [0.2, 0.25) is 15.9 Å². The molecule has 1 saturated heterocycles. The van der Waals surface area contributed by atoms with Crippen LogP contribution in [0.25, 0.3) is 0 Å². The Morgan fingerprint density at radius 1 is 1.30 bits per heavy atom. The van der Waals surface area contributed by atoms with Gasteiger partial charge < -0.3 is 10.1 Å². The first-order chi connectivity index (χ1) is 10.8. The van der Waals surface area contributed by atoms with Crippen LogP contribution in [0.2, 0.25) is 0 Å². The number of nitrogens with zero attached hydrogens (tertiary/aromatic N) is 1. The third-order valence-electron chi connectivity index (χ3n) is 3.85. The molecule has 0 radical (unpaired) electrons. The summed E-state index contributed by atoms with van der Waals surface area (Å²) in [7, 11) is -3.60. The zero-order chi connectivity index (χ0) is 16.7. The zero-order valence-electron chi connectivity index (χ0n) is 12.2. The first-order valence-corrected chi connectivity index (χ1v) is 9.37. The van der Waals surface area contributed by atoms with Crippen molar-refractivity contribution in [3.8, 4) is 0 Å². The molecule has 1 aromatic carbocycles. The van der Waals surface area contributed by atoms with Gasteiger partial charge in [0.05, 0.1) is 24.0 Å². The highest BCUT2D eigenvalue weighted by atomic mass is 35.5. The fraction of sp³-hybridized carbons (Fsp3) is 0.500. The number of amides is 1. The van der Waals surface area contributed by atoms with E-state index in [1.165, 1.54) is 16.4 Å². The van der Waals surface area contributed by atoms with Gasteiger partial charge in [0.25, 0.3) is 0 Å². The van der Waals surface area contributed by atoms with Gasteiger partial charge in [-0.2, -0.15) is 4.31 Å². The summed E-state index contributed by atoms with van der Waals surface area (Å²) < 4.78 is 30.7. The Balaban J connectivity index is 1.75. The van der Waals surface area contributed by atoms with Gasteiger partial charge in [-0.3, -0.25) is 4.79 Å². The van der Waals surface area contributed by atoms with Crippen molar-refractivity contribution in [2.75, 3.05) is 31.6 Å². The van der Waals surface area contributed by atoms with E-state index in [4.69, 9.17) is 27.9 Å². The summed E-state index contributed by atoms with van der Waals surface area (Å²) in [5, 5.41) is 2.66. The molecule has 0 aromatic heterocycles. The highest BCUT2D eigenvalue weighted by Gasteiger charge is 2.56. The number of sulfonamides is 1. The molecule has 23 heavy (non-hydrogen) atoms. The number of ether oxygens (including phenoxy) is 1. The van der Waals surface area contributed by atoms with Gasteiger partial charge in [-0.15, -0.1) is 23.2 Å². The molecule has 1 aliphatic carbocycles. The molecule has 1 saturated carbocycles. The lowest BCUT2D eigenvalue weighted by atomic mass is 10.3. The predicted molar refractivity (Wildman–Crippen MR) is 87.2 cm³/mol. The number of alkyl halides is 2. The number of benzene rings is 1. The summed E-state index contributed by atoms with van der Waals surface area (Å²) in [4.78, 5) is 12.1. The first kappa shape index (κ1) is 17.0. The molecule has 6 nitrogen and oxygen atoms in total. The van der Waals surface area contributed by atoms with Crippen LogP contribution in [0.4, 0.5) is 5.69 Å². The zero-order valence-corrected chi connectivity index (χ0v) is 14.5. The van der Waals surface area contributed by atoms with Gasteiger partial charge in [-0.1, -0.05) is 6.07 Å². The molecule has 9 heteroatoms. The van der Waals surface area contributed by atoms with E-state index in [0.29, 0.717) is 38.4 Å². The predicted octanol–water partition coefficient (Wildman–Crippen LogP) is 1.84. The number of morpholine rings is 1. The number of rotatable bonds is 4. The van der Waals surface area contributed by atoms with Crippen LogP contribution in [-0.4, -0.2) is 49.3 Å². The standard InChI is InChI=1S/C14H16Cl2N2O4S/c15-14(16)9-12(14)13(19)17-10-2-1-3-11(8-10)23(20,21)18-4-6-22-7-5-18/h1-3,8,12H,4-7,9H2,(H,17,19)/t12-/m0/s1. The van der Waals surface area contributed by atoms with Crippen molar-refractivity contribution in [3.05, 3.63) is 24.3 Å². The molecule has 1 atom stereocenters. The average Bonchev–Trinajstić information content (AvgIpc) is 3.17. The summed E-state index contributed by atoms with van der Waals surface area (Å²) >= 11 is 11.7. The Morgan fingerprint density at radius 3 is 2.57 bits per heavy atom. The molecule has 0 unspecified atom stereocenters. The Morgan fingerprint density at radius 2 is 1.96 bits per heavy atom. The molecule has 1 heterocycles. The molecule has 2 aliphatic rings. The quantitative estimate of drug-likeness (QED) is 0.811. The second-order valence-electron chi connectivity index (χ2n) is 5.55. The average molecular weight is 379 g/mol. The van der Waals surface area contributed by atoms with E-state index in [0.717, 1.165) is 0 Å². The number of halogens is 2. The first-order valence-electron chi connectivity index (χ1n) is 7.17.